The molecule has 0 unspecified atom stereocenters. The Labute approximate surface area is 98.2 Å². The molecule has 0 fully saturated rings. The second-order valence-corrected chi connectivity index (χ2v) is 4.92. The van der Waals surface area contributed by atoms with Crippen LogP contribution in [0.5, 0.6) is 0 Å². The minimum absolute atomic E-state index is 0.0109. The second kappa shape index (κ2) is 5.43. The lowest BCUT2D eigenvalue weighted by Gasteiger charge is -2.09. The summed E-state index contributed by atoms with van der Waals surface area (Å²) in [7, 11) is 0. The second-order valence-electron chi connectivity index (χ2n) is 3.75. The Hall–Kier alpha value is -0.900. The fourth-order valence-electron chi connectivity index (χ4n) is 1.15. The van der Waals surface area contributed by atoms with E-state index in [1.165, 1.54) is 18.7 Å². The number of benzene rings is 1. The highest BCUT2D eigenvalue weighted by atomic mass is 32.2. The van der Waals surface area contributed by atoms with Gasteiger partial charge < -0.3 is 0 Å². The molecule has 16 heavy (non-hydrogen) atoms. The van der Waals surface area contributed by atoms with Gasteiger partial charge in [0.2, 0.25) is 5.92 Å². The molecule has 0 radical (unpaired) electrons. The minimum Gasteiger partial charge on any atom is -0.295 e. The fourth-order valence-corrected chi connectivity index (χ4v) is 2.23. The molecule has 1 aromatic rings. The van der Waals surface area contributed by atoms with E-state index in [4.69, 9.17) is 0 Å². The third-order valence-corrected chi connectivity index (χ3v) is 3.05. The molecular formula is C12H14F2OS. The van der Waals surface area contributed by atoms with E-state index in [0.717, 1.165) is 11.8 Å². The Morgan fingerprint density at radius 2 is 2.12 bits per heavy atom. The number of hydrogen-bond acceptors (Lipinski definition) is 2. The molecule has 0 N–H and O–H groups in total. The van der Waals surface area contributed by atoms with Gasteiger partial charge >= 0.3 is 0 Å². The summed E-state index contributed by atoms with van der Waals surface area (Å²) in [4.78, 5) is 12.0. The molecule has 0 bridgehead atoms. The molecule has 0 aliphatic carbocycles. The molecule has 1 aromatic carbocycles. The normalized spacial score (nSPS) is 11.5. The molecule has 0 spiro atoms. The van der Waals surface area contributed by atoms with Crippen LogP contribution in [0.1, 0.15) is 30.6 Å². The van der Waals surface area contributed by atoms with Crippen molar-refractivity contribution in [1.29, 1.82) is 0 Å². The van der Waals surface area contributed by atoms with Gasteiger partial charge in [0, 0.05) is 22.6 Å². The van der Waals surface area contributed by atoms with Gasteiger partial charge in [-0.25, -0.2) is 8.78 Å². The fraction of sp³-hybridized carbons (Fsp3) is 0.417. The van der Waals surface area contributed by atoms with Gasteiger partial charge in [0.25, 0.3) is 0 Å². The van der Waals surface area contributed by atoms with Crippen LogP contribution in [0.25, 0.3) is 0 Å². The van der Waals surface area contributed by atoms with Crippen LogP contribution in [-0.4, -0.2) is 17.5 Å². The van der Waals surface area contributed by atoms with Gasteiger partial charge in [-0.05, 0) is 26.0 Å². The van der Waals surface area contributed by atoms with Crippen LogP contribution in [0.3, 0.4) is 0 Å². The van der Waals surface area contributed by atoms with E-state index in [9.17, 15) is 13.6 Å². The highest BCUT2D eigenvalue weighted by Crippen LogP contribution is 2.25. The average Bonchev–Trinajstić information content (AvgIpc) is 2.16. The third-order valence-electron chi connectivity index (χ3n) is 2.05. The summed E-state index contributed by atoms with van der Waals surface area (Å²) in [6, 6.07) is 7.05. The lowest BCUT2D eigenvalue weighted by atomic mass is 10.2. The molecule has 0 saturated heterocycles. The molecule has 0 aliphatic rings. The molecule has 0 atom stereocenters. The summed E-state index contributed by atoms with van der Waals surface area (Å²) in [6.07, 6.45) is -0.151. The molecule has 0 aliphatic heterocycles. The zero-order valence-electron chi connectivity index (χ0n) is 9.30. The largest absolute Gasteiger partial charge is 0.295 e. The zero-order valence-corrected chi connectivity index (χ0v) is 10.1. The zero-order chi connectivity index (χ0) is 12.2. The third kappa shape index (κ3) is 4.75. The summed E-state index contributed by atoms with van der Waals surface area (Å²) >= 11 is 1.35. The minimum atomic E-state index is -2.62. The van der Waals surface area contributed by atoms with Crippen molar-refractivity contribution in [2.75, 3.05) is 5.75 Å². The van der Waals surface area contributed by atoms with Gasteiger partial charge in [-0.15, -0.1) is 11.8 Å². The lowest BCUT2D eigenvalue weighted by Crippen LogP contribution is -2.10. The quantitative estimate of drug-likeness (QED) is 0.574. The first-order chi connectivity index (χ1) is 7.38. The smallest absolute Gasteiger partial charge is 0.246 e. The van der Waals surface area contributed by atoms with E-state index in [-0.39, 0.29) is 12.2 Å². The summed E-state index contributed by atoms with van der Waals surface area (Å²) in [6.45, 7) is 2.41. The number of halogens is 2. The Morgan fingerprint density at radius 1 is 1.44 bits per heavy atom. The Balaban J connectivity index is 2.55. The molecule has 0 amide bonds. The predicted octanol–water partition coefficient (Wildman–Crippen LogP) is 4.03. The molecule has 0 heterocycles. The topological polar surface area (TPSA) is 17.1 Å². The van der Waals surface area contributed by atoms with E-state index < -0.39 is 5.92 Å². The van der Waals surface area contributed by atoms with E-state index >= 15 is 0 Å². The molecular weight excluding hydrogens is 230 g/mol. The van der Waals surface area contributed by atoms with E-state index in [0.29, 0.717) is 11.3 Å². The van der Waals surface area contributed by atoms with Crippen LogP contribution >= 0.6 is 11.8 Å². The van der Waals surface area contributed by atoms with Crippen LogP contribution in [0, 0.1) is 0 Å². The number of hydrogen-bond donors (Lipinski definition) is 0. The average molecular weight is 244 g/mol. The monoisotopic (exact) mass is 244 g/mol. The predicted molar refractivity (Wildman–Crippen MR) is 62.4 cm³/mol. The number of rotatable bonds is 5. The van der Waals surface area contributed by atoms with Crippen molar-refractivity contribution in [2.24, 2.45) is 0 Å². The summed E-state index contributed by atoms with van der Waals surface area (Å²) < 4.78 is 25.1. The van der Waals surface area contributed by atoms with Crippen molar-refractivity contribution < 1.29 is 13.6 Å². The van der Waals surface area contributed by atoms with Gasteiger partial charge in [-0.1, -0.05) is 12.1 Å². The highest BCUT2D eigenvalue weighted by Gasteiger charge is 2.20. The van der Waals surface area contributed by atoms with Crippen LogP contribution in [0.4, 0.5) is 8.78 Å². The van der Waals surface area contributed by atoms with E-state index in [1.807, 2.05) is 6.07 Å². The molecule has 4 heteroatoms. The number of ketones is 1. The molecule has 0 aromatic heterocycles. The Bertz CT molecular complexity index is 372. The number of thioether (sulfide) groups is 1. The standard InChI is InChI=1S/C12H14F2OS/c1-9(15)10-4-3-5-11(8-10)16-7-6-12(2,13)14/h3-5,8H,6-7H2,1-2H3. The van der Waals surface area contributed by atoms with Crippen molar-refractivity contribution in [1.82, 2.24) is 0 Å². The van der Waals surface area contributed by atoms with E-state index in [1.54, 1.807) is 18.2 Å². The van der Waals surface area contributed by atoms with E-state index in [2.05, 4.69) is 0 Å². The molecule has 88 valence electrons. The molecule has 1 nitrogen and oxygen atoms in total. The van der Waals surface area contributed by atoms with Crippen LogP contribution in [0.15, 0.2) is 29.2 Å². The summed E-state index contributed by atoms with van der Waals surface area (Å²) in [5.74, 6) is -2.28. The first-order valence-electron chi connectivity index (χ1n) is 5.00. The van der Waals surface area contributed by atoms with Crippen LogP contribution in [0.2, 0.25) is 0 Å². The first-order valence-corrected chi connectivity index (χ1v) is 5.99. The van der Waals surface area contributed by atoms with Crippen molar-refractivity contribution in [3.05, 3.63) is 29.8 Å². The van der Waals surface area contributed by atoms with Crippen molar-refractivity contribution in [3.8, 4) is 0 Å². The maximum Gasteiger partial charge on any atom is 0.246 e. The Morgan fingerprint density at radius 3 is 2.69 bits per heavy atom. The number of carbonyl (C=O) groups is 1. The number of alkyl halides is 2. The maximum atomic E-state index is 12.6. The summed E-state index contributed by atoms with van der Waals surface area (Å²) in [5, 5.41) is 0. The molecule has 1 rings (SSSR count). The maximum absolute atomic E-state index is 12.6. The van der Waals surface area contributed by atoms with Crippen molar-refractivity contribution in [3.63, 3.8) is 0 Å². The van der Waals surface area contributed by atoms with Crippen LogP contribution in [-0.2, 0) is 0 Å². The van der Waals surface area contributed by atoms with Crippen molar-refractivity contribution >= 4 is 17.5 Å². The number of Topliss-reactive ketones (excluding diaryl/α,β-unsaturated/α-hetero) is 1. The first kappa shape index (κ1) is 13.2. The van der Waals surface area contributed by atoms with Crippen molar-refractivity contribution in [2.45, 2.75) is 31.1 Å². The van der Waals surface area contributed by atoms with Gasteiger partial charge in [-0.2, -0.15) is 0 Å². The van der Waals surface area contributed by atoms with Gasteiger partial charge in [0.05, 0.1) is 0 Å². The van der Waals surface area contributed by atoms with Gasteiger partial charge in [-0.3, -0.25) is 4.79 Å². The summed E-state index contributed by atoms with van der Waals surface area (Å²) in [5.41, 5.74) is 0.619. The SMILES string of the molecule is CC(=O)c1cccc(SCCC(C)(F)F)c1. The van der Waals surface area contributed by atoms with Gasteiger partial charge in [0.15, 0.2) is 5.78 Å². The number of carbonyl (C=O) groups excluding carboxylic acids is 1. The molecule has 0 saturated carbocycles. The lowest BCUT2D eigenvalue weighted by molar-refractivity contribution is 0.0194. The van der Waals surface area contributed by atoms with Crippen LogP contribution < -0.4 is 0 Å². The Kier molecular flexibility index (Phi) is 4.47. The van der Waals surface area contributed by atoms with Gasteiger partial charge in [0.1, 0.15) is 0 Å². The highest BCUT2D eigenvalue weighted by molar-refractivity contribution is 7.99.